The second-order valence-electron chi connectivity index (χ2n) is 7.17. The van der Waals surface area contributed by atoms with Gasteiger partial charge in [-0.2, -0.15) is 0 Å². The Hall–Kier alpha value is -2.42. The number of fused-ring (bicyclic) bond motifs is 1. The molecule has 3 heterocycles. The van der Waals surface area contributed by atoms with Crippen molar-refractivity contribution in [3.05, 3.63) is 36.4 Å². The average molecular weight is 388 g/mol. The summed E-state index contributed by atoms with van der Waals surface area (Å²) in [6.07, 6.45) is 2.88. The van der Waals surface area contributed by atoms with Crippen molar-refractivity contribution in [3.8, 4) is 5.75 Å². The third-order valence-electron chi connectivity index (χ3n) is 5.76. The van der Waals surface area contributed by atoms with Crippen LogP contribution in [0.5, 0.6) is 5.75 Å². The summed E-state index contributed by atoms with van der Waals surface area (Å²) < 4.78 is 21.5. The molecule has 1 spiro atoms. The highest BCUT2D eigenvalue weighted by Crippen LogP contribution is 2.52. The number of hydrogen-bond acceptors (Lipinski definition) is 6. The van der Waals surface area contributed by atoms with Crippen LogP contribution in [0.15, 0.2) is 36.4 Å². The molecule has 4 unspecified atom stereocenters. The van der Waals surface area contributed by atoms with Gasteiger partial charge in [-0.3, -0.25) is 9.59 Å². The van der Waals surface area contributed by atoms with E-state index in [1.165, 1.54) is 14.2 Å². The first-order valence-electron chi connectivity index (χ1n) is 9.19. The normalized spacial score (nSPS) is 30.2. The molecule has 0 aliphatic carbocycles. The maximum absolute atomic E-state index is 13.2. The van der Waals surface area contributed by atoms with Gasteiger partial charge in [0.15, 0.2) is 6.29 Å². The zero-order valence-electron chi connectivity index (χ0n) is 16.1. The van der Waals surface area contributed by atoms with Crippen LogP contribution >= 0.6 is 0 Å². The topological polar surface area (TPSA) is 86.3 Å². The van der Waals surface area contributed by atoms with Crippen LogP contribution in [-0.4, -0.2) is 64.2 Å². The number of nitrogens with one attached hydrogen (secondary N) is 1. The van der Waals surface area contributed by atoms with Gasteiger partial charge in [0.25, 0.3) is 0 Å². The van der Waals surface area contributed by atoms with E-state index in [1.807, 2.05) is 36.4 Å². The van der Waals surface area contributed by atoms with E-state index in [2.05, 4.69) is 5.32 Å². The molecule has 150 valence electrons. The Morgan fingerprint density at radius 2 is 2.00 bits per heavy atom. The van der Waals surface area contributed by atoms with E-state index in [-0.39, 0.29) is 18.4 Å². The monoisotopic (exact) mass is 388 g/mol. The molecule has 1 aromatic rings. The van der Waals surface area contributed by atoms with E-state index in [4.69, 9.17) is 18.9 Å². The number of benzene rings is 1. The zero-order chi connectivity index (χ0) is 19.9. The molecule has 2 saturated heterocycles. The highest BCUT2D eigenvalue weighted by molar-refractivity contribution is 6.03. The van der Waals surface area contributed by atoms with Crippen molar-refractivity contribution < 1.29 is 28.5 Å². The number of carbonyl (C=O) groups excluding carboxylic acids is 2. The number of amides is 2. The fourth-order valence-electron chi connectivity index (χ4n) is 4.34. The number of rotatable bonds is 7. The average Bonchev–Trinajstić information content (AvgIpc) is 3.37. The lowest BCUT2D eigenvalue weighted by Gasteiger charge is -2.24. The Labute approximate surface area is 163 Å². The second-order valence-corrected chi connectivity index (χ2v) is 7.17. The summed E-state index contributed by atoms with van der Waals surface area (Å²) in [5.74, 6) is -0.741. The van der Waals surface area contributed by atoms with Crippen LogP contribution in [0.4, 0.5) is 5.69 Å². The molecule has 3 aliphatic heterocycles. The summed E-state index contributed by atoms with van der Waals surface area (Å²) in [7, 11) is 4.61. The third kappa shape index (κ3) is 2.88. The van der Waals surface area contributed by atoms with Gasteiger partial charge in [-0.15, -0.1) is 0 Å². The summed E-state index contributed by atoms with van der Waals surface area (Å²) in [5, 5.41) is 2.82. The zero-order valence-corrected chi connectivity index (χ0v) is 16.1. The fraction of sp³-hybridized carbons (Fsp3) is 0.500. The lowest BCUT2D eigenvalue weighted by molar-refractivity contribution is -0.135. The van der Waals surface area contributed by atoms with Gasteiger partial charge >= 0.3 is 0 Å². The maximum atomic E-state index is 13.2. The van der Waals surface area contributed by atoms with Crippen molar-refractivity contribution in [2.45, 2.75) is 18.0 Å². The molecule has 0 saturated carbocycles. The van der Waals surface area contributed by atoms with Crippen LogP contribution in [0.1, 0.15) is 0 Å². The highest BCUT2D eigenvalue weighted by Gasteiger charge is 2.67. The minimum atomic E-state index is -0.758. The van der Waals surface area contributed by atoms with Crippen molar-refractivity contribution in [3.63, 3.8) is 0 Å². The molecule has 1 aromatic carbocycles. The minimum absolute atomic E-state index is 0.104. The first-order valence-corrected chi connectivity index (χ1v) is 9.19. The van der Waals surface area contributed by atoms with Crippen LogP contribution in [0.25, 0.3) is 0 Å². The summed E-state index contributed by atoms with van der Waals surface area (Å²) >= 11 is 0. The Balaban J connectivity index is 1.54. The summed E-state index contributed by atoms with van der Waals surface area (Å²) in [6.45, 7) is 0.591. The van der Waals surface area contributed by atoms with Crippen LogP contribution in [0.3, 0.4) is 0 Å². The lowest BCUT2D eigenvalue weighted by atomic mass is 9.77. The molecule has 8 heteroatoms. The Morgan fingerprint density at radius 1 is 1.29 bits per heavy atom. The molecule has 8 nitrogen and oxygen atoms in total. The number of ether oxygens (including phenoxy) is 4. The van der Waals surface area contributed by atoms with E-state index in [0.29, 0.717) is 12.3 Å². The predicted molar refractivity (Wildman–Crippen MR) is 99.9 cm³/mol. The molecular formula is C20H24N2O6. The Morgan fingerprint density at radius 3 is 2.64 bits per heavy atom. The van der Waals surface area contributed by atoms with Crippen molar-refractivity contribution in [2.24, 2.45) is 11.8 Å². The van der Waals surface area contributed by atoms with Gasteiger partial charge in [-0.1, -0.05) is 12.2 Å². The van der Waals surface area contributed by atoms with Crippen LogP contribution in [0.2, 0.25) is 0 Å². The molecule has 0 radical (unpaired) electrons. The molecular weight excluding hydrogens is 364 g/mol. The molecule has 1 N–H and O–H groups in total. The molecule has 0 aromatic heterocycles. The van der Waals surface area contributed by atoms with Gasteiger partial charge in [-0.25, -0.2) is 0 Å². The predicted octanol–water partition coefficient (Wildman–Crippen LogP) is 0.717. The molecule has 4 atom stereocenters. The van der Waals surface area contributed by atoms with E-state index >= 15 is 0 Å². The van der Waals surface area contributed by atoms with Crippen LogP contribution in [0, 0.1) is 11.8 Å². The second kappa shape index (κ2) is 7.20. The highest BCUT2D eigenvalue weighted by atomic mass is 16.7. The number of hydrogen-bond donors (Lipinski definition) is 1. The first kappa shape index (κ1) is 18.9. The van der Waals surface area contributed by atoms with Crippen molar-refractivity contribution in [1.29, 1.82) is 0 Å². The Bertz CT molecular complexity index is 790. The van der Waals surface area contributed by atoms with E-state index in [0.717, 1.165) is 5.69 Å². The quantitative estimate of drug-likeness (QED) is 0.547. The summed E-state index contributed by atoms with van der Waals surface area (Å²) in [5.41, 5.74) is -0.000915. The summed E-state index contributed by atoms with van der Waals surface area (Å²) in [4.78, 5) is 27.8. The van der Waals surface area contributed by atoms with Crippen molar-refractivity contribution in [1.82, 2.24) is 5.32 Å². The molecule has 2 bridgehead atoms. The van der Waals surface area contributed by atoms with Gasteiger partial charge in [0, 0.05) is 19.9 Å². The first-order chi connectivity index (χ1) is 13.5. The number of carbonyl (C=O) groups is 2. The van der Waals surface area contributed by atoms with E-state index < -0.39 is 29.8 Å². The minimum Gasteiger partial charge on any atom is -0.497 e. The van der Waals surface area contributed by atoms with Crippen LogP contribution < -0.4 is 15.0 Å². The number of anilines is 1. The van der Waals surface area contributed by atoms with Crippen molar-refractivity contribution >= 4 is 17.5 Å². The van der Waals surface area contributed by atoms with E-state index in [1.54, 1.807) is 12.0 Å². The smallest absolute Gasteiger partial charge is 0.234 e. The standard InChI is InChI=1S/C20H24N2O6/c1-25-13-6-4-12(5-7-13)22-11-20-9-8-14(28-20)16(17(20)19(22)24)18(23)21-10-15(26-2)27-3/h4-9,14-17H,10-11H2,1-3H3,(H,21,23). The van der Waals surface area contributed by atoms with Gasteiger partial charge in [0.1, 0.15) is 11.4 Å². The van der Waals surface area contributed by atoms with Gasteiger partial charge in [0.2, 0.25) is 11.8 Å². The van der Waals surface area contributed by atoms with Crippen molar-refractivity contribution in [2.75, 3.05) is 39.3 Å². The van der Waals surface area contributed by atoms with Gasteiger partial charge < -0.3 is 29.2 Å². The third-order valence-corrected chi connectivity index (χ3v) is 5.76. The Kier molecular flexibility index (Phi) is 4.86. The largest absolute Gasteiger partial charge is 0.497 e. The SMILES string of the molecule is COc1ccc(N2CC34C=CC(O3)C(C(=O)NCC(OC)OC)C4C2=O)cc1. The number of nitrogens with zero attached hydrogens (tertiary/aromatic N) is 1. The molecule has 3 aliphatic rings. The molecule has 2 amide bonds. The van der Waals surface area contributed by atoms with E-state index in [9.17, 15) is 9.59 Å². The molecule has 28 heavy (non-hydrogen) atoms. The maximum Gasteiger partial charge on any atom is 0.234 e. The number of methoxy groups -OCH3 is 3. The van der Waals surface area contributed by atoms with Crippen LogP contribution in [-0.2, 0) is 23.8 Å². The fourth-order valence-corrected chi connectivity index (χ4v) is 4.34. The lowest BCUT2D eigenvalue weighted by Crippen LogP contribution is -2.46. The molecule has 2 fully saturated rings. The van der Waals surface area contributed by atoms with Gasteiger partial charge in [0.05, 0.1) is 38.1 Å². The van der Waals surface area contributed by atoms with Gasteiger partial charge in [-0.05, 0) is 24.3 Å². The summed E-state index contributed by atoms with van der Waals surface area (Å²) in [6, 6.07) is 7.29. The molecule has 4 rings (SSSR count).